The topological polar surface area (TPSA) is 69.6 Å². The van der Waals surface area contributed by atoms with Gasteiger partial charge in [0.1, 0.15) is 11.9 Å². The molecule has 0 unspecified atom stereocenters. The minimum atomic E-state index is -0.976. The molecule has 1 fully saturated rings. The number of amides is 2. The summed E-state index contributed by atoms with van der Waals surface area (Å²) in [4.78, 5) is 24.4. The smallest absolute Gasteiger partial charge is 0.326 e. The largest absolute Gasteiger partial charge is 0.480 e. The summed E-state index contributed by atoms with van der Waals surface area (Å²) < 4.78 is 13.5. The quantitative estimate of drug-likeness (QED) is 0.898. The predicted molar refractivity (Wildman–Crippen MR) is 75.5 cm³/mol. The molecule has 2 rings (SSSR count). The molecule has 1 atom stereocenters. The highest BCUT2D eigenvalue weighted by molar-refractivity contribution is 5.83. The molecule has 2 amide bonds. The van der Waals surface area contributed by atoms with E-state index in [4.69, 9.17) is 5.11 Å². The maximum Gasteiger partial charge on any atom is 0.326 e. The molecule has 1 saturated heterocycles. The normalized spacial score (nSPS) is 17.9. The molecule has 0 spiro atoms. The molecule has 2 N–H and O–H groups in total. The number of benzene rings is 1. The molecule has 1 heterocycles. The van der Waals surface area contributed by atoms with Crippen LogP contribution in [0.4, 0.5) is 9.18 Å². The minimum Gasteiger partial charge on any atom is -0.480 e. The number of urea groups is 1. The zero-order chi connectivity index (χ0) is 15.6. The number of carboxylic acid groups (broad SMARTS) is 1. The fourth-order valence-corrected chi connectivity index (χ4v) is 2.68. The van der Waals surface area contributed by atoms with Crippen LogP contribution >= 0.6 is 0 Å². The van der Waals surface area contributed by atoms with Gasteiger partial charge in [-0.2, -0.15) is 0 Å². The molecule has 0 radical (unpaired) electrons. The van der Waals surface area contributed by atoms with Crippen molar-refractivity contribution in [3.8, 4) is 0 Å². The third-order valence-corrected chi connectivity index (χ3v) is 3.74. The molecule has 0 aliphatic carbocycles. The maximum atomic E-state index is 13.5. The van der Waals surface area contributed by atoms with Crippen molar-refractivity contribution < 1.29 is 19.1 Å². The first-order chi connectivity index (χ1) is 9.90. The Balaban J connectivity index is 2.00. The van der Waals surface area contributed by atoms with Gasteiger partial charge in [0.25, 0.3) is 0 Å². The van der Waals surface area contributed by atoms with E-state index in [1.54, 1.807) is 26.0 Å². The van der Waals surface area contributed by atoms with Crippen LogP contribution in [0.1, 0.15) is 29.5 Å². The molecule has 5 nitrogen and oxygen atoms in total. The standard InChI is InChI=1S/C15H19FN2O3/c1-9-6-11(7-10(2)13(9)16)8-17-15(21)18-5-3-4-12(18)14(19)20/h6-7,12H,3-5,8H2,1-2H3,(H,17,21)(H,19,20)/t12-/m0/s1. The number of aryl methyl sites for hydroxylation is 2. The molecule has 1 aliphatic heterocycles. The number of carbonyl (C=O) groups excluding carboxylic acids is 1. The summed E-state index contributed by atoms with van der Waals surface area (Å²) in [5.74, 6) is -1.22. The second kappa shape index (κ2) is 6.11. The lowest BCUT2D eigenvalue weighted by Gasteiger charge is -2.22. The van der Waals surface area contributed by atoms with E-state index in [1.807, 2.05) is 0 Å². The van der Waals surface area contributed by atoms with Crippen molar-refractivity contribution in [2.45, 2.75) is 39.3 Å². The summed E-state index contributed by atoms with van der Waals surface area (Å²) in [5.41, 5.74) is 1.86. The van der Waals surface area contributed by atoms with E-state index in [1.165, 1.54) is 4.90 Å². The third kappa shape index (κ3) is 3.32. The van der Waals surface area contributed by atoms with Gasteiger partial charge < -0.3 is 15.3 Å². The Kier molecular flexibility index (Phi) is 4.45. The zero-order valence-corrected chi connectivity index (χ0v) is 12.1. The van der Waals surface area contributed by atoms with Crippen molar-refractivity contribution in [2.75, 3.05) is 6.54 Å². The van der Waals surface area contributed by atoms with Crippen molar-refractivity contribution in [3.63, 3.8) is 0 Å². The van der Waals surface area contributed by atoms with Crippen LogP contribution in [-0.4, -0.2) is 34.6 Å². The number of nitrogens with zero attached hydrogens (tertiary/aromatic N) is 1. The van der Waals surface area contributed by atoms with E-state index >= 15 is 0 Å². The molecule has 1 aliphatic rings. The molecule has 0 bridgehead atoms. The monoisotopic (exact) mass is 294 g/mol. The molecule has 21 heavy (non-hydrogen) atoms. The molecule has 0 saturated carbocycles. The van der Waals surface area contributed by atoms with Crippen LogP contribution in [0.25, 0.3) is 0 Å². The highest BCUT2D eigenvalue weighted by atomic mass is 19.1. The number of halogens is 1. The lowest BCUT2D eigenvalue weighted by atomic mass is 10.1. The van der Waals surface area contributed by atoms with Gasteiger partial charge in [-0.25, -0.2) is 14.0 Å². The Morgan fingerprint density at radius 2 is 2.00 bits per heavy atom. The second-order valence-corrected chi connectivity index (χ2v) is 5.39. The van der Waals surface area contributed by atoms with Crippen molar-refractivity contribution >= 4 is 12.0 Å². The number of carbonyl (C=O) groups is 2. The van der Waals surface area contributed by atoms with Crippen LogP contribution in [0, 0.1) is 19.7 Å². The average molecular weight is 294 g/mol. The summed E-state index contributed by atoms with van der Waals surface area (Å²) in [7, 11) is 0. The summed E-state index contributed by atoms with van der Waals surface area (Å²) in [6.45, 7) is 4.05. The van der Waals surface area contributed by atoms with Gasteiger partial charge >= 0.3 is 12.0 Å². The van der Waals surface area contributed by atoms with E-state index in [9.17, 15) is 14.0 Å². The second-order valence-electron chi connectivity index (χ2n) is 5.39. The molecule has 1 aromatic rings. The first kappa shape index (κ1) is 15.3. The third-order valence-electron chi connectivity index (χ3n) is 3.74. The van der Waals surface area contributed by atoms with Gasteiger partial charge in [-0.05, 0) is 43.4 Å². The lowest BCUT2D eigenvalue weighted by molar-refractivity contribution is -0.141. The zero-order valence-electron chi connectivity index (χ0n) is 12.1. The Labute approximate surface area is 122 Å². The fraction of sp³-hybridized carbons (Fsp3) is 0.467. The van der Waals surface area contributed by atoms with Crippen LogP contribution in [0.3, 0.4) is 0 Å². The van der Waals surface area contributed by atoms with Gasteiger partial charge in [-0.15, -0.1) is 0 Å². The van der Waals surface area contributed by atoms with Crippen LogP contribution in [-0.2, 0) is 11.3 Å². The van der Waals surface area contributed by atoms with Gasteiger partial charge in [-0.1, -0.05) is 12.1 Å². The van der Waals surface area contributed by atoms with Gasteiger partial charge in [0, 0.05) is 13.1 Å². The van der Waals surface area contributed by atoms with Crippen LogP contribution in [0.15, 0.2) is 12.1 Å². The van der Waals surface area contributed by atoms with Crippen molar-refractivity contribution in [3.05, 3.63) is 34.6 Å². The minimum absolute atomic E-state index is 0.240. The molecule has 1 aromatic carbocycles. The first-order valence-electron chi connectivity index (χ1n) is 6.93. The number of hydrogen-bond donors (Lipinski definition) is 2. The number of likely N-dealkylation sites (tertiary alicyclic amines) is 1. The van der Waals surface area contributed by atoms with Crippen LogP contribution in [0.2, 0.25) is 0 Å². The SMILES string of the molecule is Cc1cc(CNC(=O)N2CCC[C@H]2C(=O)O)cc(C)c1F. The lowest BCUT2D eigenvalue weighted by Crippen LogP contribution is -2.45. The molecular weight excluding hydrogens is 275 g/mol. The fourth-order valence-electron chi connectivity index (χ4n) is 2.68. The number of carboxylic acids is 1. The van der Waals surface area contributed by atoms with Gasteiger partial charge in [0.15, 0.2) is 0 Å². The molecule has 0 aromatic heterocycles. The van der Waals surface area contributed by atoms with Crippen LogP contribution < -0.4 is 5.32 Å². The number of rotatable bonds is 3. The van der Waals surface area contributed by atoms with Crippen molar-refractivity contribution in [2.24, 2.45) is 0 Å². The van der Waals surface area contributed by atoms with Gasteiger partial charge in [0.05, 0.1) is 0 Å². The molecule has 114 valence electrons. The average Bonchev–Trinajstić information content (AvgIpc) is 2.91. The summed E-state index contributed by atoms with van der Waals surface area (Å²) in [5, 5.41) is 11.8. The van der Waals surface area contributed by atoms with Crippen molar-refractivity contribution in [1.82, 2.24) is 10.2 Å². The van der Waals surface area contributed by atoms with E-state index < -0.39 is 12.0 Å². The number of aliphatic carboxylic acids is 1. The highest BCUT2D eigenvalue weighted by Gasteiger charge is 2.33. The summed E-state index contributed by atoms with van der Waals surface area (Å²) in [6, 6.07) is 2.23. The summed E-state index contributed by atoms with van der Waals surface area (Å²) in [6.07, 6.45) is 1.18. The van der Waals surface area contributed by atoms with E-state index in [2.05, 4.69) is 5.32 Å². The number of hydrogen-bond acceptors (Lipinski definition) is 2. The molecule has 6 heteroatoms. The first-order valence-corrected chi connectivity index (χ1v) is 6.93. The maximum absolute atomic E-state index is 13.5. The highest BCUT2D eigenvalue weighted by Crippen LogP contribution is 2.18. The Morgan fingerprint density at radius 3 is 2.57 bits per heavy atom. The van der Waals surface area contributed by atoms with Gasteiger partial charge in [0.2, 0.25) is 0 Å². The Bertz CT molecular complexity index is 551. The van der Waals surface area contributed by atoms with Crippen LogP contribution in [0.5, 0.6) is 0 Å². The van der Waals surface area contributed by atoms with Crippen molar-refractivity contribution in [1.29, 1.82) is 0 Å². The van der Waals surface area contributed by atoms with E-state index in [-0.39, 0.29) is 18.4 Å². The van der Waals surface area contributed by atoms with E-state index in [0.717, 1.165) is 5.56 Å². The Morgan fingerprint density at radius 1 is 1.38 bits per heavy atom. The predicted octanol–water partition coefficient (Wildman–Crippen LogP) is 2.20. The summed E-state index contributed by atoms with van der Waals surface area (Å²) >= 11 is 0. The Hall–Kier alpha value is -2.11. The molecular formula is C15H19FN2O3. The van der Waals surface area contributed by atoms with Gasteiger partial charge in [-0.3, -0.25) is 0 Å². The number of nitrogens with one attached hydrogen (secondary N) is 1. The van der Waals surface area contributed by atoms with E-state index in [0.29, 0.717) is 30.5 Å².